The molecule has 0 amide bonds. The van der Waals surface area contributed by atoms with Gasteiger partial charge in [0.2, 0.25) is 5.95 Å². The Balaban J connectivity index is 1.60. The summed E-state index contributed by atoms with van der Waals surface area (Å²) < 4.78 is 13.4. The van der Waals surface area contributed by atoms with E-state index < -0.39 is 0 Å². The summed E-state index contributed by atoms with van der Waals surface area (Å²) in [7, 11) is 4.16. The molecular formula is C26H26FN5. The van der Waals surface area contributed by atoms with Crippen LogP contribution in [0.25, 0.3) is 22.4 Å². The van der Waals surface area contributed by atoms with Crippen LogP contribution in [0.4, 0.5) is 10.3 Å². The fourth-order valence-corrected chi connectivity index (χ4v) is 3.57. The second kappa shape index (κ2) is 10.1. The average Bonchev–Trinajstić information content (AvgIpc) is 2.83. The van der Waals surface area contributed by atoms with Crippen LogP contribution >= 0.6 is 0 Å². The summed E-state index contributed by atoms with van der Waals surface area (Å²) in [5.74, 6) is 0.286. The number of hydrogen-bond donors (Lipinski definition) is 1. The molecule has 162 valence electrons. The molecule has 0 saturated carbocycles. The molecule has 32 heavy (non-hydrogen) atoms. The fraction of sp³-hybridized carbons (Fsp3) is 0.192. The van der Waals surface area contributed by atoms with Crippen molar-refractivity contribution >= 4 is 5.95 Å². The summed E-state index contributed by atoms with van der Waals surface area (Å²) in [4.78, 5) is 15.7. The van der Waals surface area contributed by atoms with Gasteiger partial charge in [0.1, 0.15) is 5.82 Å². The smallest absolute Gasteiger partial charge is 0.223 e. The highest BCUT2D eigenvalue weighted by Gasteiger charge is 2.15. The fourth-order valence-electron chi connectivity index (χ4n) is 3.57. The first-order valence-electron chi connectivity index (χ1n) is 10.6. The van der Waals surface area contributed by atoms with Crippen molar-refractivity contribution in [2.24, 2.45) is 0 Å². The number of nitrogens with zero attached hydrogens (tertiary/aromatic N) is 4. The van der Waals surface area contributed by atoms with Gasteiger partial charge in [-0.3, -0.25) is 4.98 Å². The third kappa shape index (κ3) is 5.34. The number of hydrogen-bond acceptors (Lipinski definition) is 5. The lowest BCUT2D eigenvalue weighted by Crippen LogP contribution is -2.36. The van der Waals surface area contributed by atoms with E-state index in [0.717, 1.165) is 28.8 Å². The zero-order valence-electron chi connectivity index (χ0n) is 18.2. The van der Waals surface area contributed by atoms with E-state index in [-0.39, 0.29) is 11.9 Å². The summed E-state index contributed by atoms with van der Waals surface area (Å²) in [5.41, 5.74) is 4.70. The van der Waals surface area contributed by atoms with E-state index in [2.05, 4.69) is 58.5 Å². The number of benzene rings is 2. The van der Waals surface area contributed by atoms with Gasteiger partial charge in [0.15, 0.2) is 0 Å². The number of anilines is 1. The van der Waals surface area contributed by atoms with Gasteiger partial charge in [-0.05, 0) is 55.9 Å². The Morgan fingerprint density at radius 2 is 1.62 bits per heavy atom. The lowest BCUT2D eigenvalue weighted by molar-refractivity contribution is 0.303. The molecule has 0 aliphatic carbocycles. The Morgan fingerprint density at radius 3 is 2.31 bits per heavy atom. The van der Waals surface area contributed by atoms with Crippen molar-refractivity contribution in [3.05, 3.63) is 96.7 Å². The van der Waals surface area contributed by atoms with Crippen LogP contribution < -0.4 is 5.32 Å². The van der Waals surface area contributed by atoms with Gasteiger partial charge in [-0.2, -0.15) is 0 Å². The molecule has 0 bridgehead atoms. The highest BCUT2D eigenvalue weighted by atomic mass is 19.1. The lowest BCUT2D eigenvalue weighted by Gasteiger charge is -2.25. The van der Waals surface area contributed by atoms with Gasteiger partial charge in [-0.15, -0.1) is 0 Å². The van der Waals surface area contributed by atoms with Crippen molar-refractivity contribution in [1.29, 1.82) is 0 Å². The highest BCUT2D eigenvalue weighted by molar-refractivity contribution is 5.80. The van der Waals surface area contributed by atoms with Crippen molar-refractivity contribution in [2.45, 2.75) is 12.5 Å². The minimum absolute atomic E-state index is 0.272. The normalized spacial score (nSPS) is 12.0. The minimum atomic E-state index is -0.272. The van der Waals surface area contributed by atoms with Gasteiger partial charge in [-0.25, -0.2) is 14.4 Å². The lowest BCUT2D eigenvalue weighted by atomic mass is 10.0. The number of pyridine rings is 1. The first-order chi connectivity index (χ1) is 15.6. The molecule has 0 fully saturated rings. The maximum Gasteiger partial charge on any atom is 0.223 e. The van der Waals surface area contributed by atoms with Gasteiger partial charge in [-0.1, -0.05) is 42.5 Å². The molecule has 0 radical (unpaired) electrons. The Hall–Kier alpha value is -3.64. The van der Waals surface area contributed by atoms with E-state index in [0.29, 0.717) is 12.5 Å². The van der Waals surface area contributed by atoms with Crippen molar-refractivity contribution < 1.29 is 4.39 Å². The summed E-state index contributed by atoms with van der Waals surface area (Å²) in [6.07, 6.45) is 6.19. The van der Waals surface area contributed by atoms with Gasteiger partial charge in [0.05, 0.1) is 5.69 Å². The zero-order chi connectivity index (χ0) is 22.3. The molecule has 0 aliphatic rings. The van der Waals surface area contributed by atoms with Crippen molar-refractivity contribution in [1.82, 2.24) is 19.9 Å². The van der Waals surface area contributed by atoms with Crippen LogP contribution in [0.1, 0.15) is 5.56 Å². The van der Waals surface area contributed by atoms with E-state index >= 15 is 0 Å². The summed E-state index contributed by atoms with van der Waals surface area (Å²) in [5, 5.41) is 3.40. The second-order valence-corrected chi connectivity index (χ2v) is 7.89. The summed E-state index contributed by atoms with van der Waals surface area (Å²) in [6, 6.07) is 20.9. The average molecular weight is 428 g/mol. The molecule has 1 atom stereocenters. The number of likely N-dealkylation sites (N-methyl/N-ethyl adjacent to an activating group) is 1. The van der Waals surface area contributed by atoms with E-state index in [1.165, 1.54) is 17.7 Å². The predicted molar refractivity (Wildman–Crippen MR) is 127 cm³/mol. The molecule has 5 nitrogen and oxygen atoms in total. The highest BCUT2D eigenvalue weighted by Crippen LogP contribution is 2.30. The number of rotatable bonds is 8. The van der Waals surface area contributed by atoms with Gasteiger partial charge in [0.25, 0.3) is 0 Å². The van der Waals surface area contributed by atoms with Gasteiger partial charge < -0.3 is 10.2 Å². The first-order valence-corrected chi connectivity index (χ1v) is 10.6. The van der Waals surface area contributed by atoms with Crippen LogP contribution in [0.2, 0.25) is 0 Å². The molecule has 0 unspecified atom stereocenters. The third-order valence-corrected chi connectivity index (χ3v) is 5.44. The largest absolute Gasteiger partial charge is 0.353 e. The predicted octanol–water partition coefficient (Wildman–Crippen LogP) is 4.93. The van der Waals surface area contributed by atoms with Crippen LogP contribution in [0.3, 0.4) is 0 Å². The molecule has 1 N–H and O–H groups in total. The maximum atomic E-state index is 13.4. The van der Waals surface area contributed by atoms with Gasteiger partial charge in [0, 0.05) is 42.3 Å². The Bertz CT molecular complexity index is 1130. The van der Waals surface area contributed by atoms with Crippen molar-refractivity contribution in [2.75, 3.05) is 26.0 Å². The van der Waals surface area contributed by atoms with Crippen molar-refractivity contribution in [3.63, 3.8) is 0 Å². The SMILES string of the molecule is CN(C)[C@H](CNc1ncc(-c2ccc(F)cc2)c(-c2ccncc2)n1)Cc1ccccc1. The molecule has 6 heteroatoms. The number of nitrogens with one attached hydrogen (secondary N) is 1. The Labute approximate surface area is 188 Å². The van der Waals surface area contributed by atoms with E-state index in [1.54, 1.807) is 30.7 Å². The Kier molecular flexibility index (Phi) is 6.82. The molecule has 0 aliphatic heterocycles. The molecule has 2 aromatic heterocycles. The minimum Gasteiger partial charge on any atom is -0.353 e. The second-order valence-electron chi connectivity index (χ2n) is 7.89. The molecule has 0 spiro atoms. The van der Waals surface area contributed by atoms with Crippen LogP contribution in [-0.4, -0.2) is 46.5 Å². The van der Waals surface area contributed by atoms with E-state index in [9.17, 15) is 4.39 Å². The van der Waals surface area contributed by atoms with Gasteiger partial charge >= 0.3 is 0 Å². The molecule has 0 saturated heterocycles. The monoisotopic (exact) mass is 427 g/mol. The summed E-state index contributed by atoms with van der Waals surface area (Å²) in [6.45, 7) is 0.702. The standard InChI is InChI=1S/C26H26FN5/c1-32(2)23(16-19-6-4-3-5-7-19)17-29-26-30-18-24(20-8-10-22(27)11-9-20)25(31-26)21-12-14-28-15-13-21/h3-15,18,23H,16-17H2,1-2H3,(H,29,30,31)/t23-/m0/s1. The molecule has 4 aromatic rings. The zero-order valence-corrected chi connectivity index (χ0v) is 18.2. The first kappa shape index (κ1) is 21.6. The number of aromatic nitrogens is 3. The van der Waals surface area contributed by atoms with Crippen molar-refractivity contribution in [3.8, 4) is 22.4 Å². The topological polar surface area (TPSA) is 53.9 Å². The molecule has 2 heterocycles. The maximum absolute atomic E-state index is 13.4. The van der Waals surface area contributed by atoms with Crippen LogP contribution in [0.15, 0.2) is 85.3 Å². The van der Waals surface area contributed by atoms with Crippen LogP contribution in [0, 0.1) is 5.82 Å². The van der Waals surface area contributed by atoms with Crippen LogP contribution in [0.5, 0.6) is 0 Å². The molecule has 4 rings (SSSR count). The third-order valence-electron chi connectivity index (χ3n) is 5.44. The molecule has 2 aromatic carbocycles. The van der Waals surface area contributed by atoms with Crippen LogP contribution in [-0.2, 0) is 6.42 Å². The quantitative estimate of drug-likeness (QED) is 0.432. The molecular weight excluding hydrogens is 401 g/mol. The Morgan fingerprint density at radius 1 is 0.906 bits per heavy atom. The van der Waals surface area contributed by atoms with E-state index in [4.69, 9.17) is 4.98 Å². The van der Waals surface area contributed by atoms with E-state index in [1.807, 2.05) is 18.2 Å². The summed E-state index contributed by atoms with van der Waals surface area (Å²) >= 11 is 0. The number of halogens is 1.